The molecule has 0 fully saturated rings. The van der Waals surface area contributed by atoms with Crippen molar-refractivity contribution in [1.82, 2.24) is 9.97 Å². The van der Waals surface area contributed by atoms with Gasteiger partial charge in [-0.05, 0) is 30.3 Å². The summed E-state index contributed by atoms with van der Waals surface area (Å²) >= 11 is 0. The number of fused-ring (bicyclic) bond motifs is 1. The Kier molecular flexibility index (Phi) is 2.73. The van der Waals surface area contributed by atoms with Crippen LogP contribution in [0.5, 0.6) is 0 Å². The van der Waals surface area contributed by atoms with E-state index in [0.717, 1.165) is 22.0 Å². The lowest BCUT2D eigenvalue weighted by molar-refractivity contribution is 1.23. The van der Waals surface area contributed by atoms with E-state index in [9.17, 15) is 0 Å². The first-order valence-electron chi connectivity index (χ1n) is 6.07. The highest BCUT2D eigenvalue weighted by Crippen LogP contribution is 2.24. The van der Waals surface area contributed by atoms with Crippen LogP contribution >= 0.6 is 0 Å². The van der Waals surface area contributed by atoms with Gasteiger partial charge >= 0.3 is 0 Å². The number of benzene rings is 2. The fourth-order valence-corrected chi connectivity index (χ4v) is 2.05. The smallest absolute Gasteiger partial charge is 0.162 e. The van der Waals surface area contributed by atoms with Crippen molar-refractivity contribution in [3.05, 3.63) is 48.0 Å². The summed E-state index contributed by atoms with van der Waals surface area (Å²) in [5, 5.41) is 0.788. The van der Waals surface area contributed by atoms with Gasteiger partial charge in [-0.3, -0.25) is 0 Å². The first-order chi connectivity index (χ1) is 9.67. The van der Waals surface area contributed by atoms with E-state index in [4.69, 9.17) is 17.9 Å². The van der Waals surface area contributed by atoms with Gasteiger partial charge in [-0.1, -0.05) is 18.1 Å². The minimum absolute atomic E-state index is 0.427. The average molecular weight is 260 g/mol. The number of nitrogen functional groups attached to an aromatic ring is 2. The maximum Gasteiger partial charge on any atom is 0.162 e. The fourth-order valence-electron chi connectivity index (χ4n) is 2.05. The highest BCUT2D eigenvalue weighted by atomic mass is 14.9. The molecule has 96 valence electrons. The van der Waals surface area contributed by atoms with Gasteiger partial charge in [0, 0.05) is 22.2 Å². The Morgan fingerprint density at radius 1 is 1.00 bits per heavy atom. The summed E-state index contributed by atoms with van der Waals surface area (Å²) in [5.74, 6) is 3.56. The van der Waals surface area contributed by atoms with Crippen molar-refractivity contribution in [2.45, 2.75) is 0 Å². The third-order valence-corrected chi connectivity index (χ3v) is 3.04. The number of hydrogen-bond acceptors (Lipinski definition) is 4. The number of terminal acetylenes is 1. The van der Waals surface area contributed by atoms with E-state index in [1.807, 2.05) is 30.3 Å². The van der Waals surface area contributed by atoms with Gasteiger partial charge in [0.15, 0.2) is 5.82 Å². The largest absolute Gasteiger partial charge is 0.399 e. The van der Waals surface area contributed by atoms with Crippen LogP contribution in [0.4, 0.5) is 11.5 Å². The summed E-state index contributed by atoms with van der Waals surface area (Å²) in [7, 11) is 0. The van der Waals surface area contributed by atoms with E-state index in [1.165, 1.54) is 0 Å². The molecular formula is C16H12N4. The average Bonchev–Trinajstić information content (AvgIpc) is 2.46. The molecule has 0 saturated carbocycles. The lowest BCUT2D eigenvalue weighted by Gasteiger charge is -2.06. The molecular weight excluding hydrogens is 248 g/mol. The summed E-state index contributed by atoms with van der Waals surface area (Å²) in [4.78, 5) is 8.84. The van der Waals surface area contributed by atoms with Crippen molar-refractivity contribution in [2.75, 3.05) is 11.5 Å². The van der Waals surface area contributed by atoms with E-state index in [1.54, 1.807) is 12.1 Å². The van der Waals surface area contributed by atoms with Crippen LogP contribution in [-0.4, -0.2) is 9.97 Å². The normalized spacial score (nSPS) is 10.3. The third-order valence-electron chi connectivity index (χ3n) is 3.04. The highest BCUT2D eigenvalue weighted by Gasteiger charge is 2.08. The Hall–Kier alpha value is -3.06. The van der Waals surface area contributed by atoms with Crippen LogP contribution in [0.1, 0.15) is 5.56 Å². The molecule has 4 nitrogen and oxygen atoms in total. The van der Waals surface area contributed by atoms with Crippen LogP contribution in [0.3, 0.4) is 0 Å². The van der Waals surface area contributed by atoms with E-state index >= 15 is 0 Å². The monoisotopic (exact) mass is 260 g/mol. The van der Waals surface area contributed by atoms with Gasteiger partial charge in [-0.2, -0.15) is 0 Å². The fraction of sp³-hybridized carbons (Fsp3) is 0. The van der Waals surface area contributed by atoms with Gasteiger partial charge in [0.1, 0.15) is 5.82 Å². The molecule has 0 saturated heterocycles. The van der Waals surface area contributed by atoms with Crippen LogP contribution in [0.25, 0.3) is 22.3 Å². The van der Waals surface area contributed by atoms with E-state index in [0.29, 0.717) is 17.3 Å². The van der Waals surface area contributed by atoms with Crippen molar-refractivity contribution < 1.29 is 0 Å². The van der Waals surface area contributed by atoms with Crippen LogP contribution in [-0.2, 0) is 0 Å². The van der Waals surface area contributed by atoms with Crippen molar-refractivity contribution in [3.8, 4) is 23.7 Å². The molecule has 4 heteroatoms. The van der Waals surface area contributed by atoms with Crippen LogP contribution in [0, 0.1) is 12.3 Å². The van der Waals surface area contributed by atoms with Crippen LogP contribution in [0.15, 0.2) is 42.5 Å². The molecule has 1 aromatic heterocycles. The number of aromatic nitrogens is 2. The van der Waals surface area contributed by atoms with Crippen LogP contribution in [0.2, 0.25) is 0 Å². The molecule has 4 N–H and O–H groups in total. The molecule has 0 unspecified atom stereocenters. The van der Waals surface area contributed by atoms with Gasteiger partial charge < -0.3 is 11.5 Å². The molecule has 0 spiro atoms. The van der Waals surface area contributed by atoms with Gasteiger partial charge in [0.2, 0.25) is 0 Å². The second-order valence-corrected chi connectivity index (χ2v) is 4.43. The van der Waals surface area contributed by atoms with Gasteiger partial charge in [0.05, 0.1) is 5.52 Å². The topological polar surface area (TPSA) is 77.8 Å². The zero-order valence-electron chi connectivity index (χ0n) is 10.7. The minimum Gasteiger partial charge on any atom is -0.399 e. The SMILES string of the molecule is C#Cc1cccc(-c2nc(N)c3ccc(N)cc3n2)c1. The molecule has 0 radical (unpaired) electrons. The molecule has 0 amide bonds. The molecule has 3 rings (SSSR count). The minimum atomic E-state index is 0.427. The lowest BCUT2D eigenvalue weighted by atomic mass is 10.1. The van der Waals surface area contributed by atoms with Crippen molar-refractivity contribution >= 4 is 22.4 Å². The van der Waals surface area contributed by atoms with E-state index < -0.39 is 0 Å². The zero-order chi connectivity index (χ0) is 14.1. The summed E-state index contributed by atoms with van der Waals surface area (Å²) < 4.78 is 0. The molecule has 20 heavy (non-hydrogen) atoms. The number of hydrogen-bond donors (Lipinski definition) is 2. The molecule has 0 bridgehead atoms. The predicted octanol–water partition coefficient (Wildman–Crippen LogP) is 2.44. The number of anilines is 2. The summed E-state index contributed by atoms with van der Waals surface area (Å²) in [5.41, 5.74) is 14.7. The summed E-state index contributed by atoms with van der Waals surface area (Å²) in [6.07, 6.45) is 5.41. The van der Waals surface area contributed by atoms with Gasteiger partial charge in [0.25, 0.3) is 0 Å². The van der Waals surface area contributed by atoms with Crippen LogP contribution < -0.4 is 11.5 Å². The second kappa shape index (κ2) is 4.56. The molecule has 2 aromatic carbocycles. The number of nitrogens with two attached hydrogens (primary N) is 2. The van der Waals surface area contributed by atoms with Gasteiger partial charge in [-0.25, -0.2) is 9.97 Å². The first-order valence-corrected chi connectivity index (χ1v) is 6.07. The summed E-state index contributed by atoms with van der Waals surface area (Å²) in [6, 6.07) is 12.9. The molecule has 0 aliphatic heterocycles. The summed E-state index contributed by atoms with van der Waals surface area (Å²) in [6.45, 7) is 0. The van der Waals surface area contributed by atoms with Crippen molar-refractivity contribution in [2.24, 2.45) is 0 Å². The lowest BCUT2D eigenvalue weighted by Crippen LogP contribution is -1.98. The molecule has 0 atom stereocenters. The molecule has 0 aliphatic carbocycles. The first kappa shape index (κ1) is 12.0. The quantitative estimate of drug-likeness (QED) is 0.520. The Morgan fingerprint density at radius 3 is 2.65 bits per heavy atom. The van der Waals surface area contributed by atoms with Gasteiger partial charge in [-0.15, -0.1) is 6.42 Å². The number of rotatable bonds is 1. The Balaban J connectivity index is 2.24. The standard InChI is InChI=1S/C16H12N4/c1-2-10-4-3-5-11(8-10)16-19-14-9-12(17)6-7-13(14)15(18)20-16/h1,3-9H,17H2,(H2,18,19,20). The van der Waals surface area contributed by atoms with E-state index in [2.05, 4.69) is 15.9 Å². The molecule has 3 aromatic rings. The second-order valence-electron chi connectivity index (χ2n) is 4.43. The van der Waals surface area contributed by atoms with E-state index in [-0.39, 0.29) is 0 Å². The predicted molar refractivity (Wildman–Crippen MR) is 81.7 cm³/mol. The third kappa shape index (κ3) is 2.02. The maximum absolute atomic E-state index is 5.98. The zero-order valence-corrected chi connectivity index (χ0v) is 10.7. The Morgan fingerprint density at radius 2 is 1.85 bits per heavy atom. The number of nitrogens with zero attached hydrogens (tertiary/aromatic N) is 2. The Bertz CT molecular complexity index is 847. The Labute approximate surface area is 116 Å². The van der Waals surface area contributed by atoms with Crippen molar-refractivity contribution in [1.29, 1.82) is 0 Å². The van der Waals surface area contributed by atoms with Crippen molar-refractivity contribution in [3.63, 3.8) is 0 Å². The maximum atomic E-state index is 5.98. The molecule has 1 heterocycles. The molecule has 0 aliphatic rings. The highest BCUT2D eigenvalue weighted by molar-refractivity contribution is 5.91.